The Kier molecular flexibility index (Phi) is 9.78. The van der Waals surface area contributed by atoms with Crippen molar-refractivity contribution in [2.75, 3.05) is 0 Å². The van der Waals surface area contributed by atoms with Gasteiger partial charge in [-0.05, 0) is 88.0 Å². The van der Waals surface area contributed by atoms with Gasteiger partial charge in [-0.1, -0.05) is 72.6 Å². The van der Waals surface area contributed by atoms with Gasteiger partial charge in [-0.2, -0.15) is 0 Å². The molecule has 212 valence electrons. The second kappa shape index (κ2) is 11.8. The number of halogens is 1. The predicted molar refractivity (Wildman–Crippen MR) is 158 cm³/mol. The maximum Gasteiger partial charge on any atom is 0.143 e. The molecule has 6 unspecified atom stereocenters. The summed E-state index contributed by atoms with van der Waals surface area (Å²) in [5.41, 5.74) is 0.423. The minimum atomic E-state index is -0.584. The maximum absolute atomic E-state index is 12.8. The number of aliphatic hydroxyl groups excluding tert-OH is 1. The topological polar surface area (TPSA) is 41.5 Å². The van der Waals surface area contributed by atoms with E-state index in [2.05, 4.69) is 91.9 Å². The van der Waals surface area contributed by atoms with Crippen molar-refractivity contribution in [2.45, 2.75) is 124 Å². The maximum atomic E-state index is 12.8. The molecule has 3 nitrogen and oxygen atoms in total. The standard InChI is InChI=1S/C33H55NO2.ClH/c1-20(2)24-16-14-22(5)18-27(24)33(28-19-23(6)15-17-25(28)21(3)4)31(35)30(34-32(7,8)9)26-12-10-11-13-29(26)36-33;/h10-13,20-25,27-28,30-31,34-35H,14-19H2,1-9H3;1H/t22?,23?,24?,25?,27?,28?,30-,31+,33?;/m1./s1. The van der Waals surface area contributed by atoms with Crippen molar-refractivity contribution in [1.29, 1.82) is 0 Å². The highest BCUT2D eigenvalue weighted by atomic mass is 35.5. The Hall–Kier alpha value is -0.770. The van der Waals surface area contributed by atoms with E-state index in [0.29, 0.717) is 47.3 Å². The van der Waals surface area contributed by atoms with Crippen LogP contribution in [-0.2, 0) is 0 Å². The van der Waals surface area contributed by atoms with Gasteiger partial charge in [0.25, 0.3) is 0 Å². The molecule has 1 aliphatic heterocycles. The first kappa shape index (κ1) is 30.8. The molecule has 4 rings (SSSR count). The largest absolute Gasteiger partial charge is 0.484 e. The van der Waals surface area contributed by atoms with Gasteiger partial charge in [-0.25, -0.2) is 0 Å². The zero-order chi connectivity index (χ0) is 26.4. The van der Waals surface area contributed by atoms with Crippen molar-refractivity contribution in [1.82, 2.24) is 5.32 Å². The molecule has 2 fully saturated rings. The van der Waals surface area contributed by atoms with E-state index < -0.39 is 11.7 Å². The Morgan fingerprint density at radius 2 is 1.35 bits per heavy atom. The third kappa shape index (κ3) is 6.04. The van der Waals surface area contributed by atoms with Gasteiger partial charge >= 0.3 is 0 Å². The van der Waals surface area contributed by atoms with E-state index in [1.807, 2.05) is 0 Å². The predicted octanol–water partition coefficient (Wildman–Crippen LogP) is 8.45. The van der Waals surface area contributed by atoms with Gasteiger partial charge in [0, 0.05) is 22.9 Å². The highest BCUT2D eigenvalue weighted by Crippen LogP contribution is 2.59. The summed E-state index contributed by atoms with van der Waals surface area (Å²) in [6, 6.07) is 8.41. The van der Waals surface area contributed by atoms with Gasteiger partial charge in [-0.15, -0.1) is 12.4 Å². The first-order valence-electron chi connectivity index (χ1n) is 15.1. The monoisotopic (exact) mass is 533 g/mol. The minimum absolute atomic E-state index is 0. The number of para-hydroxylation sites is 1. The van der Waals surface area contributed by atoms with Gasteiger partial charge in [-0.3, -0.25) is 0 Å². The first-order chi connectivity index (χ1) is 16.8. The van der Waals surface area contributed by atoms with E-state index in [0.717, 1.165) is 24.2 Å². The molecule has 3 aliphatic rings. The van der Waals surface area contributed by atoms with Crippen LogP contribution in [0.25, 0.3) is 0 Å². The number of aliphatic hydroxyl groups is 1. The smallest absolute Gasteiger partial charge is 0.143 e. The molecule has 4 heteroatoms. The molecule has 2 saturated carbocycles. The molecule has 1 heterocycles. The average molecular weight is 534 g/mol. The average Bonchev–Trinajstić information content (AvgIpc) is 2.79. The minimum Gasteiger partial charge on any atom is -0.484 e. The molecule has 2 aliphatic carbocycles. The summed E-state index contributed by atoms with van der Waals surface area (Å²) in [5.74, 6) is 5.34. The quantitative estimate of drug-likeness (QED) is 0.399. The van der Waals surface area contributed by atoms with Gasteiger partial charge in [0.15, 0.2) is 0 Å². The van der Waals surface area contributed by atoms with Gasteiger partial charge in [0.1, 0.15) is 17.5 Å². The summed E-state index contributed by atoms with van der Waals surface area (Å²) in [6.45, 7) is 21.1. The third-order valence-electron chi connectivity index (χ3n) is 10.1. The van der Waals surface area contributed by atoms with Crippen LogP contribution < -0.4 is 10.1 Å². The van der Waals surface area contributed by atoms with Crippen LogP contribution in [0.1, 0.15) is 112 Å². The number of fused-ring (bicyclic) bond motifs is 1. The van der Waals surface area contributed by atoms with Crippen LogP contribution >= 0.6 is 12.4 Å². The highest BCUT2D eigenvalue weighted by molar-refractivity contribution is 5.85. The van der Waals surface area contributed by atoms with Gasteiger partial charge < -0.3 is 15.2 Å². The molecule has 8 atom stereocenters. The van der Waals surface area contributed by atoms with E-state index >= 15 is 0 Å². The SMILES string of the molecule is CC1CCC(C(C)C)C(C2(C3CC(C)CCC3C(C)C)Oc3ccccc3[C@@H](NC(C)(C)C)[C@@H]2O)C1.Cl. The number of hydrogen-bond acceptors (Lipinski definition) is 3. The van der Waals surface area contributed by atoms with E-state index in [-0.39, 0.29) is 24.0 Å². The molecule has 0 radical (unpaired) electrons. The third-order valence-corrected chi connectivity index (χ3v) is 10.1. The number of benzene rings is 1. The summed E-state index contributed by atoms with van der Waals surface area (Å²) in [5, 5.41) is 16.7. The molecule has 1 aromatic carbocycles. The molecule has 2 N–H and O–H groups in total. The Morgan fingerprint density at radius 3 is 1.81 bits per heavy atom. The zero-order valence-electron chi connectivity index (χ0n) is 25.1. The number of hydrogen-bond donors (Lipinski definition) is 2. The van der Waals surface area contributed by atoms with E-state index in [4.69, 9.17) is 4.74 Å². The lowest BCUT2D eigenvalue weighted by atomic mass is 9.52. The van der Waals surface area contributed by atoms with Crippen LogP contribution in [0.2, 0.25) is 0 Å². The number of ether oxygens (including phenoxy) is 1. The molecule has 1 aromatic rings. The normalized spacial score (nSPS) is 38.6. The van der Waals surface area contributed by atoms with Crippen LogP contribution in [0.4, 0.5) is 0 Å². The van der Waals surface area contributed by atoms with Crippen LogP contribution in [0, 0.1) is 47.3 Å². The Labute approximate surface area is 234 Å². The lowest BCUT2D eigenvalue weighted by Crippen LogP contribution is -2.69. The van der Waals surface area contributed by atoms with Crippen LogP contribution in [-0.4, -0.2) is 22.4 Å². The lowest BCUT2D eigenvalue weighted by molar-refractivity contribution is -0.204. The van der Waals surface area contributed by atoms with Crippen molar-refractivity contribution in [3.8, 4) is 5.75 Å². The molecule has 37 heavy (non-hydrogen) atoms. The molecule has 0 spiro atoms. The molecule has 0 amide bonds. The van der Waals surface area contributed by atoms with E-state index in [9.17, 15) is 5.11 Å². The Balaban J connectivity index is 0.00000380. The summed E-state index contributed by atoms with van der Waals surface area (Å²) < 4.78 is 7.42. The second-order valence-corrected chi connectivity index (χ2v) is 14.7. The highest BCUT2D eigenvalue weighted by Gasteiger charge is 2.63. The van der Waals surface area contributed by atoms with Crippen molar-refractivity contribution < 1.29 is 9.84 Å². The second-order valence-electron chi connectivity index (χ2n) is 14.7. The molecule has 0 aromatic heterocycles. The zero-order valence-corrected chi connectivity index (χ0v) is 25.9. The Bertz CT molecular complexity index is 845. The fourth-order valence-corrected chi connectivity index (χ4v) is 8.44. The van der Waals surface area contributed by atoms with Crippen molar-refractivity contribution in [3.63, 3.8) is 0 Å². The summed E-state index contributed by atoms with van der Waals surface area (Å²) >= 11 is 0. The van der Waals surface area contributed by atoms with Crippen LogP contribution in [0.5, 0.6) is 5.75 Å². The summed E-state index contributed by atoms with van der Waals surface area (Å²) in [4.78, 5) is 0. The number of nitrogens with one attached hydrogen (secondary N) is 1. The summed E-state index contributed by atoms with van der Waals surface area (Å²) in [6.07, 6.45) is 6.80. The van der Waals surface area contributed by atoms with Gasteiger partial charge in [0.05, 0.1) is 6.04 Å². The molecule has 0 saturated heterocycles. The number of rotatable bonds is 5. The van der Waals surface area contributed by atoms with Gasteiger partial charge in [0.2, 0.25) is 0 Å². The summed E-state index contributed by atoms with van der Waals surface area (Å²) in [7, 11) is 0. The van der Waals surface area contributed by atoms with Crippen LogP contribution in [0.15, 0.2) is 24.3 Å². The van der Waals surface area contributed by atoms with E-state index in [1.165, 1.54) is 25.7 Å². The fourth-order valence-electron chi connectivity index (χ4n) is 8.44. The van der Waals surface area contributed by atoms with Crippen LogP contribution in [0.3, 0.4) is 0 Å². The van der Waals surface area contributed by atoms with Crippen molar-refractivity contribution >= 4 is 12.4 Å². The fraction of sp³-hybridized carbons (Fsp3) is 0.818. The van der Waals surface area contributed by atoms with E-state index in [1.54, 1.807) is 0 Å². The molecule has 0 bridgehead atoms. The first-order valence-corrected chi connectivity index (χ1v) is 15.1. The molecular formula is C33H56ClNO2. The Morgan fingerprint density at radius 1 is 0.865 bits per heavy atom. The van der Waals surface area contributed by atoms with Crippen molar-refractivity contribution in [2.24, 2.45) is 47.3 Å². The van der Waals surface area contributed by atoms with Crippen molar-refractivity contribution in [3.05, 3.63) is 29.8 Å². The molecular weight excluding hydrogens is 478 g/mol. The lowest BCUT2D eigenvalue weighted by Gasteiger charge is -2.61.